The van der Waals surface area contributed by atoms with Gasteiger partial charge in [-0.15, -0.1) is 0 Å². The van der Waals surface area contributed by atoms with Crippen molar-refractivity contribution in [2.24, 2.45) is 81.8 Å². The van der Waals surface area contributed by atoms with Crippen molar-refractivity contribution in [3.05, 3.63) is 82.9 Å². The molecule has 0 bridgehead atoms. The minimum absolute atomic E-state index is 0.0358. The number of nitrogens with zero attached hydrogens (tertiary/aromatic N) is 4. The van der Waals surface area contributed by atoms with E-state index in [9.17, 15) is 45.6 Å². The number of hydrogen-bond acceptors (Lipinski definition) is 20. The highest BCUT2D eigenvalue weighted by Crippen LogP contribution is 2.60. The number of fused-ring (bicyclic) bond motifs is 8. The van der Waals surface area contributed by atoms with Crippen molar-refractivity contribution in [2.75, 3.05) is 26.3 Å². The summed E-state index contributed by atoms with van der Waals surface area (Å²) in [6.07, 6.45) is 20.2. The van der Waals surface area contributed by atoms with Crippen LogP contribution in [0.4, 0.5) is 0 Å². The van der Waals surface area contributed by atoms with Crippen LogP contribution in [0.1, 0.15) is 222 Å². The molecular weight excluding hydrogens is 1590 g/mol. The van der Waals surface area contributed by atoms with Gasteiger partial charge in [0.1, 0.15) is 24.4 Å². The van der Waals surface area contributed by atoms with Gasteiger partial charge in [-0.3, -0.25) is 47.8 Å². The smallest absolute Gasteiger partial charge is 0.306 e. The molecule has 118 heavy (non-hydrogen) atoms. The molecule has 0 spiro atoms. The Hall–Kier alpha value is -7.42. The van der Waals surface area contributed by atoms with Gasteiger partial charge < -0.3 is 38.2 Å². The number of aromatic nitrogens is 2. The van der Waals surface area contributed by atoms with Crippen LogP contribution >= 0.6 is 23.2 Å². The van der Waals surface area contributed by atoms with Crippen molar-refractivity contribution < 1.29 is 83.6 Å². The van der Waals surface area contributed by atoms with Gasteiger partial charge in [0.2, 0.25) is 67.2 Å². The van der Waals surface area contributed by atoms with Crippen LogP contribution in [0, 0.1) is 81.8 Å². The summed E-state index contributed by atoms with van der Waals surface area (Å²) in [7, 11) is -7.92. The summed E-state index contributed by atoms with van der Waals surface area (Å²) in [5.74, 6) is -1.98. The standard InChI is InChI=1S/2C45H58ClN3O9S/c2*1-5-15-56-39-21-35-33(11-8-12-36(35)46)41(47-39)58-32-20-37-38(50)24-45(43(53)48-59(54,55)44(4)13-14-44)23-30(45)10-7-6-9-26(2)16-27(3)34(42(52)49(37)25-32)22-40(51)57-31-18-28-17-29(28)19-31/h2*7-8,10-12,21,26-32,34,37H,5-6,9,13-20,22-25H2,1-4H3,(H,48,53)/b2*10-7-/t26-,27+,28-,29+,30+,31?,32+,34-,37-,45+;26-,27-,28-,29+,30-,31?,32-,34+,37+,45-/m01/s1. The maximum absolute atomic E-state index is 15.1. The first kappa shape index (κ1) is 85.6. The first-order valence-corrected chi connectivity index (χ1v) is 47.2. The van der Waals surface area contributed by atoms with Crippen molar-refractivity contribution in [1.29, 1.82) is 0 Å². The fourth-order valence-corrected chi connectivity index (χ4v) is 23.1. The summed E-state index contributed by atoms with van der Waals surface area (Å²) in [4.78, 5) is 128. The Bertz CT molecular complexity index is 4560. The zero-order valence-corrected chi connectivity index (χ0v) is 72.4. The topological polar surface area (TPSA) is 317 Å². The van der Waals surface area contributed by atoms with Crippen molar-refractivity contribution in [1.82, 2.24) is 29.2 Å². The lowest BCUT2D eigenvalue weighted by Crippen LogP contribution is -2.48. The number of carbonyl (C=O) groups is 8. The number of halogens is 2. The molecule has 8 saturated carbocycles. The van der Waals surface area contributed by atoms with E-state index in [4.69, 9.17) is 61.6 Å². The van der Waals surface area contributed by atoms with Crippen molar-refractivity contribution in [3.8, 4) is 23.5 Å². The van der Waals surface area contributed by atoms with Gasteiger partial charge in [0.25, 0.3) is 0 Å². The van der Waals surface area contributed by atoms with Crippen molar-refractivity contribution in [3.63, 3.8) is 0 Å². The molecule has 10 fully saturated rings. The Morgan fingerprint density at radius 1 is 0.517 bits per heavy atom. The first-order valence-electron chi connectivity index (χ1n) is 43.5. The first-order chi connectivity index (χ1) is 56.2. The van der Waals surface area contributed by atoms with Crippen molar-refractivity contribution >= 4 is 112 Å². The number of ether oxygens (including phenoxy) is 6. The van der Waals surface area contributed by atoms with Gasteiger partial charge in [0, 0.05) is 69.4 Å². The van der Waals surface area contributed by atoms with Gasteiger partial charge in [-0.1, -0.05) is 101 Å². The molecule has 28 heteroatoms. The number of Topliss-reactive ketones (excluding diaryl/α,β-unsaturated/α-hetero) is 2. The highest BCUT2D eigenvalue weighted by Gasteiger charge is 2.65. The summed E-state index contributed by atoms with van der Waals surface area (Å²) in [5.41, 5.74) is -2.55. The molecule has 12 aliphatic rings. The van der Waals surface area contributed by atoms with Gasteiger partial charge in [0.15, 0.2) is 11.6 Å². The molecule has 4 aliphatic heterocycles. The van der Waals surface area contributed by atoms with Crippen LogP contribution in [-0.2, 0) is 67.9 Å². The average Bonchev–Trinajstić information content (AvgIpc) is 1.57. The number of hydrogen-bond donors (Lipinski definition) is 2. The number of ketones is 2. The Kier molecular flexibility index (Phi) is 24.7. The molecule has 6 heterocycles. The molecule has 20 atom stereocenters. The summed E-state index contributed by atoms with van der Waals surface area (Å²) >= 11 is 13.3. The minimum Gasteiger partial charge on any atom is -0.478 e. The Labute approximate surface area is 703 Å². The van der Waals surface area contributed by atoms with Crippen LogP contribution in [0.2, 0.25) is 10.0 Å². The number of esters is 2. The van der Waals surface area contributed by atoms with Crippen molar-refractivity contribution in [2.45, 2.75) is 268 Å². The predicted octanol–water partition coefficient (Wildman–Crippen LogP) is 14.7. The number of benzene rings is 2. The van der Waals surface area contributed by atoms with Gasteiger partial charge in [-0.2, -0.15) is 9.97 Å². The number of carbonyl (C=O) groups excluding carboxylic acids is 8. The van der Waals surface area contributed by atoms with E-state index in [1.807, 2.05) is 64.1 Å². The normalized spacial score (nSPS) is 34.4. The van der Waals surface area contributed by atoms with Gasteiger partial charge in [0.05, 0.1) is 83.4 Å². The van der Waals surface area contributed by atoms with Gasteiger partial charge >= 0.3 is 11.9 Å². The van der Waals surface area contributed by atoms with Crippen LogP contribution in [-0.4, -0.2) is 156 Å². The fourth-order valence-electron chi connectivity index (χ4n) is 19.9. The minimum atomic E-state index is -3.96. The number of sulfonamides is 2. The lowest BCUT2D eigenvalue weighted by Gasteiger charge is -2.32. The number of pyridine rings is 2. The number of rotatable bonds is 22. The summed E-state index contributed by atoms with van der Waals surface area (Å²) in [5, 5.41) is 3.63. The molecule has 2 saturated heterocycles. The molecule has 4 amide bonds. The molecule has 24 nitrogen and oxygen atoms in total. The van der Waals surface area contributed by atoms with E-state index in [0.29, 0.717) is 132 Å². The molecular formula is C90H116Cl2N6O18S2. The van der Waals surface area contributed by atoms with Crippen LogP contribution in [0.5, 0.6) is 23.5 Å². The van der Waals surface area contributed by atoms with Crippen LogP contribution in [0.3, 0.4) is 0 Å². The molecule has 2 unspecified atom stereocenters. The van der Waals surface area contributed by atoms with E-state index < -0.39 is 100 Å². The van der Waals surface area contributed by atoms with Gasteiger partial charge in [-0.05, 0) is 226 Å². The third-order valence-corrected chi connectivity index (χ3v) is 33.3. The van der Waals surface area contributed by atoms with Crippen LogP contribution in [0.15, 0.2) is 72.8 Å². The van der Waals surface area contributed by atoms with E-state index >= 15 is 9.59 Å². The number of nitrogens with one attached hydrogen (secondary N) is 2. The molecule has 2 aromatic carbocycles. The Morgan fingerprint density at radius 3 is 1.26 bits per heavy atom. The Balaban J connectivity index is 0.000000185. The average molecular weight is 1700 g/mol. The maximum Gasteiger partial charge on any atom is 0.306 e. The second-order valence-electron chi connectivity index (χ2n) is 37.8. The maximum atomic E-state index is 15.1. The van der Waals surface area contributed by atoms with E-state index in [1.54, 1.807) is 60.0 Å². The summed E-state index contributed by atoms with van der Waals surface area (Å²) in [6, 6.07) is 12.4. The van der Waals surface area contributed by atoms with Gasteiger partial charge in [-0.25, -0.2) is 16.8 Å². The third kappa shape index (κ3) is 18.5. The second kappa shape index (κ2) is 34.1. The number of amides is 4. The third-order valence-electron chi connectivity index (χ3n) is 28.4. The molecule has 4 aromatic rings. The summed E-state index contributed by atoms with van der Waals surface area (Å²) in [6.45, 7) is 16.4. The zero-order chi connectivity index (χ0) is 83.7. The Morgan fingerprint density at radius 2 is 0.898 bits per heavy atom. The largest absolute Gasteiger partial charge is 0.478 e. The predicted molar refractivity (Wildman–Crippen MR) is 444 cm³/mol. The van der Waals surface area contributed by atoms with Crippen LogP contribution in [0.25, 0.3) is 21.5 Å². The zero-order valence-electron chi connectivity index (χ0n) is 69.2. The molecule has 640 valence electrons. The second-order valence-corrected chi connectivity index (χ2v) is 43.0. The number of allylic oxidation sites excluding steroid dienone is 4. The molecule has 2 N–H and O–H groups in total. The molecule has 16 rings (SSSR count). The highest BCUT2D eigenvalue weighted by molar-refractivity contribution is 7.92. The SMILES string of the molecule is CCCOc1cc2c(Cl)cccc2c(O[C@@H]2C[C@H]3C(=O)C[C@]4(C(=O)NS(=O)(=O)C5(C)CC5)C[C@H]4/C=C\CC[C@@H](C)C[C@@H](C)[C@H](CC(=O)OC4C[C@@H]5C[C@@H]5C4)C(=O)N3C2)n1.CCCOc1cc2c(Cl)cccc2c(O[C@@H]2C[C@H]3C(=O)C[C@]4(C(=O)NS(=O)(=O)C5(C)CC5)C[C@H]4/C=C\CC[C@H](C)C[C@@H](C)[C@H](CC(=O)OC4C[C@@H]5C[C@@H]5C4)C(=O)N3C2)n1. The van der Waals surface area contributed by atoms with E-state index in [2.05, 4.69) is 23.3 Å². The lowest BCUT2D eigenvalue weighted by molar-refractivity contribution is -0.155. The van der Waals surface area contributed by atoms with E-state index in [1.165, 1.54) is 12.8 Å². The monoisotopic (exact) mass is 1700 g/mol. The summed E-state index contributed by atoms with van der Waals surface area (Å²) < 4.78 is 92.9. The quantitative estimate of drug-likeness (QED) is 0.0545. The molecule has 0 radical (unpaired) electrons. The highest BCUT2D eigenvalue weighted by atomic mass is 35.5. The molecule has 2 aromatic heterocycles. The van der Waals surface area contributed by atoms with E-state index in [-0.39, 0.29) is 134 Å². The van der Waals surface area contributed by atoms with E-state index in [0.717, 1.165) is 64.2 Å². The van der Waals surface area contributed by atoms with Crippen LogP contribution < -0.4 is 28.4 Å². The fraction of sp³-hybridized carbons (Fsp3) is 0.667. The lowest BCUT2D eigenvalue weighted by atomic mass is 9.82. The molecule has 8 aliphatic carbocycles.